The smallest absolute Gasteiger partial charge is 0.345 e. The van der Waals surface area contributed by atoms with E-state index in [1.165, 1.54) is 10.8 Å². The van der Waals surface area contributed by atoms with Gasteiger partial charge in [0.15, 0.2) is 0 Å². The zero-order valence-electron chi connectivity index (χ0n) is 11.7. The molecule has 0 bridgehead atoms. The van der Waals surface area contributed by atoms with Gasteiger partial charge in [-0.2, -0.15) is 13.2 Å². The number of halogens is 3. The standard InChI is InChI=1S/C12H19F3N4O/c1-11(2,3)18-6-9-16-4-5-19(9)7-10(20)17-8-12(13,14)15/h4-5,18H,6-8H2,1-3H3,(H,17,20). The van der Waals surface area contributed by atoms with Gasteiger partial charge in [0.05, 0.1) is 6.54 Å². The molecule has 0 aliphatic rings. The van der Waals surface area contributed by atoms with Gasteiger partial charge in [-0.05, 0) is 20.8 Å². The Morgan fingerprint density at radius 2 is 2.00 bits per heavy atom. The molecule has 1 aromatic heterocycles. The highest BCUT2D eigenvalue weighted by Crippen LogP contribution is 2.12. The van der Waals surface area contributed by atoms with E-state index in [1.807, 2.05) is 26.1 Å². The van der Waals surface area contributed by atoms with E-state index >= 15 is 0 Å². The van der Waals surface area contributed by atoms with Crippen LogP contribution in [0.4, 0.5) is 13.2 Å². The summed E-state index contributed by atoms with van der Waals surface area (Å²) in [4.78, 5) is 15.5. The van der Waals surface area contributed by atoms with Crippen LogP contribution < -0.4 is 10.6 Å². The van der Waals surface area contributed by atoms with Crippen LogP contribution in [0, 0.1) is 0 Å². The molecule has 1 rings (SSSR count). The Balaban J connectivity index is 2.52. The molecule has 2 N–H and O–H groups in total. The van der Waals surface area contributed by atoms with Crippen molar-refractivity contribution < 1.29 is 18.0 Å². The van der Waals surface area contributed by atoms with E-state index < -0.39 is 18.6 Å². The van der Waals surface area contributed by atoms with Gasteiger partial charge in [0.25, 0.3) is 0 Å². The van der Waals surface area contributed by atoms with Crippen LogP contribution in [-0.2, 0) is 17.9 Å². The number of carbonyl (C=O) groups excluding carboxylic acids is 1. The predicted octanol–water partition coefficient (Wildman–Crippen LogP) is 1.45. The van der Waals surface area contributed by atoms with Crippen LogP contribution in [-0.4, -0.2) is 33.7 Å². The van der Waals surface area contributed by atoms with Crippen LogP contribution in [0.3, 0.4) is 0 Å². The first kappa shape index (κ1) is 16.5. The summed E-state index contributed by atoms with van der Waals surface area (Å²) in [5.41, 5.74) is -0.116. The third-order valence-corrected chi connectivity index (χ3v) is 2.38. The maximum atomic E-state index is 12.0. The van der Waals surface area contributed by atoms with Crippen LogP contribution in [0.25, 0.3) is 0 Å². The Kier molecular flexibility index (Phi) is 5.15. The Morgan fingerprint density at radius 1 is 1.35 bits per heavy atom. The lowest BCUT2D eigenvalue weighted by Gasteiger charge is -2.20. The first-order valence-corrected chi connectivity index (χ1v) is 6.15. The van der Waals surface area contributed by atoms with Gasteiger partial charge in [0, 0.05) is 17.9 Å². The van der Waals surface area contributed by atoms with Crippen LogP contribution >= 0.6 is 0 Å². The van der Waals surface area contributed by atoms with Crippen molar-refractivity contribution >= 4 is 5.91 Å². The lowest BCUT2D eigenvalue weighted by atomic mass is 10.1. The molecule has 0 fully saturated rings. The lowest BCUT2D eigenvalue weighted by Crippen LogP contribution is -2.37. The number of nitrogens with zero attached hydrogens (tertiary/aromatic N) is 2. The number of hydrogen-bond acceptors (Lipinski definition) is 3. The van der Waals surface area contributed by atoms with Crippen LogP contribution in [0.5, 0.6) is 0 Å². The van der Waals surface area contributed by atoms with Crippen molar-refractivity contribution in [3.8, 4) is 0 Å². The molecule has 1 amide bonds. The summed E-state index contributed by atoms with van der Waals surface area (Å²) < 4.78 is 37.5. The topological polar surface area (TPSA) is 59.0 Å². The number of amides is 1. The summed E-state index contributed by atoms with van der Waals surface area (Å²) in [5, 5.41) is 5.03. The minimum absolute atomic E-state index is 0.116. The van der Waals surface area contributed by atoms with Gasteiger partial charge >= 0.3 is 6.18 Å². The zero-order valence-corrected chi connectivity index (χ0v) is 11.7. The number of carbonyl (C=O) groups is 1. The largest absolute Gasteiger partial charge is 0.405 e. The highest BCUT2D eigenvalue weighted by atomic mass is 19.4. The van der Waals surface area contributed by atoms with E-state index in [0.717, 1.165) is 0 Å². The SMILES string of the molecule is CC(C)(C)NCc1nccn1CC(=O)NCC(F)(F)F. The monoisotopic (exact) mass is 292 g/mol. The van der Waals surface area contributed by atoms with Gasteiger partial charge < -0.3 is 15.2 Å². The van der Waals surface area contributed by atoms with Crippen molar-refractivity contribution in [3.05, 3.63) is 18.2 Å². The van der Waals surface area contributed by atoms with E-state index in [-0.39, 0.29) is 12.1 Å². The summed E-state index contributed by atoms with van der Waals surface area (Å²) in [7, 11) is 0. The molecular formula is C12H19F3N4O. The summed E-state index contributed by atoms with van der Waals surface area (Å²) >= 11 is 0. The average Bonchev–Trinajstić information content (AvgIpc) is 2.69. The molecule has 8 heteroatoms. The van der Waals surface area contributed by atoms with Crippen molar-refractivity contribution in [1.82, 2.24) is 20.2 Å². The third-order valence-electron chi connectivity index (χ3n) is 2.38. The summed E-state index contributed by atoms with van der Waals surface area (Å²) in [6.07, 6.45) is -1.33. The highest BCUT2D eigenvalue weighted by Gasteiger charge is 2.27. The van der Waals surface area contributed by atoms with Gasteiger partial charge in [0.2, 0.25) is 5.91 Å². The molecule has 0 atom stereocenters. The molecule has 5 nitrogen and oxygen atoms in total. The quantitative estimate of drug-likeness (QED) is 0.863. The van der Waals surface area contributed by atoms with Gasteiger partial charge in [-0.15, -0.1) is 0 Å². The fourth-order valence-electron chi connectivity index (χ4n) is 1.40. The number of imidazole rings is 1. The molecule has 0 radical (unpaired) electrons. The number of nitrogens with one attached hydrogen (secondary N) is 2. The van der Waals surface area contributed by atoms with Crippen molar-refractivity contribution in [2.75, 3.05) is 6.54 Å². The van der Waals surface area contributed by atoms with Crippen molar-refractivity contribution in [2.45, 2.75) is 45.6 Å². The Labute approximate surface area is 115 Å². The molecular weight excluding hydrogens is 273 g/mol. The zero-order chi connectivity index (χ0) is 15.4. The Bertz CT molecular complexity index is 448. The molecule has 114 valence electrons. The normalized spacial score (nSPS) is 12.5. The molecule has 0 aliphatic heterocycles. The van der Waals surface area contributed by atoms with E-state index in [9.17, 15) is 18.0 Å². The summed E-state index contributed by atoms with van der Waals surface area (Å²) in [6.45, 7) is 4.87. The minimum atomic E-state index is -4.40. The maximum absolute atomic E-state index is 12.0. The number of alkyl halides is 3. The fraction of sp³-hybridized carbons (Fsp3) is 0.667. The molecule has 0 aromatic carbocycles. The van der Waals surface area contributed by atoms with Crippen molar-refractivity contribution in [1.29, 1.82) is 0 Å². The molecule has 20 heavy (non-hydrogen) atoms. The third kappa shape index (κ3) is 6.55. The molecule has 0 spiro atoms. The van der Waals surface area contributed by atoms with Crippen molar-refractivity contribution in [2.24, 2.45) is 0 Å². The van der Waals surface area contributed by atoms with Gasteiger partial charge in [0.1, 0.15) is 18.9 Å². The number of rotatable bonds is 5. The van der Waals surface area contributed by atoms with Crippen molar-refractivity contribution in [3.63, 3.8) is 0 Å². The van der Waals surface area contributed by atoms with Gasteiger partial charge in [-0.3, -0.25) is 4.79 Å². The van der Waals surface area contributed by atoms with E-state index in [0.29, 0.717) is 12.4 Å². The fourth-order valence-corrected chi connectivity index (χ4v) is 1.40. The second kappa shape index (κ2) is 6.25. The highest BCUT2D eigenvalue weighted by molar-refractivity contribution is 5.75. The Hall–Kier alpha value is -1.57. The van der Waals surface area contributed by atoms with E-state index in [1.54, 1.807) is 6.20 Å². The predicted molar refractivity (Wildman–Crippen MR) is 67.9 cm³/mol. The summed E-state index contributed by atoms with van der Waals surface area (Å²) in [6, 6.07) is 0. The van der Waals surface area contributed by atoms with E-state index in [4.69, 9.17) is 0 Å². The summed E-state index contributed by atoms with van der Waals surface area (Å²) in [5.74, 6) is -0.0978. The Morgan fingerprint density at radius 3 is 2.55 bits per heavy atom. The molecule has 0 saturated carbocycles. The first-order valence-electron chi connectivity index (χ1n) is 6.15. The molecule has 0 unspecified atom stereocenters. The molecule has 1 aromatic rings. The molecule has 1 heterocycles. The average molecular weight is 292 g/mol. The van der Waals surface area contributed by atoms with Gasteiger partial charge in [-0.25, -0.2) is 4.98 Å². The number of hydrogen-bond donors (Lipinski definition) is 2. The van der Waals surface area contributed by atoms with Crippen LogP contribution in [0.2, 0.25) is 0 Å². The molecule has 0 aliphatic carbocycles. The molecule has 0 saturated heterocycles. The first-order chi connectivity index (χ1) is 9.07. The van der Waals surface area contributed by atoms with Crippen LogP contribution in [0.15, 0.2) is 12.4 Å². The minimum Gasteiger partial charge on any atom is -0.345 e. The van der Waals surface area contributed by atoms with E-state index in [2.05, 4.69) is 10.3 Å². The second-order valence-electron chi connectivity index (χ2n) is 5.47. The second-order valence-corrected chi connectivity index (χ2v) is 5.47. The number of aromatic nitrogens is 2. The van der Waals surface area contributed by atoms with Gasteiger partial charge in [-0.1, -0.05) is 0 Å². The maximum Gasteiger partial charge on any atom is 0.405 e. The van der Waals surface area contributed by atoms with Crippen LogP contribution in [0.1, 0.15) is 26.6 Å². The lowest BCUT2D eigenvalue weighted by molar-refractivity contribution is -0.138.